The maximum atomic E-state index is 4.79. The minimum atomic E-state index is 0.451. The molecule has 1 aromatic carbocycles. The van der Waals surface area contributed by atoms with Gasteiger partial charge in [-0.25, -0.2) is 4.98 Å². The van der Waals surface area contributed by atoms with E-state index in [0.29, 0.717) is 5.54 Å². The topological polar surface area (TPSA) is 24.9 Å². The van der Waals surface area contributed by atoms with E-state index in [-0.39, 0.29) is 0 Å². The van der Waals surface area contributed by atoms with Gasteiger partial charge >= 0.3 is 0 Å². The average Bonchev–Trinajstić information content (AvgIpc) is 2.87. The van der Waals surface area contributed by atoms with Gasteiger partial charge in [0.2, 0.25) is 0 Å². The summed E-state index contributed by atoms with van der Waals surface area (Å²) >= 11 is 1.85. The molecule has 0 atom stereocenters. The molecule has 2 aromatic rings. The Labute approximate surface area is 130 Å². The molecule has 4 saturated carbocycles. The first-order valence-corrected chi connectivity index (χ1v) is 9.19. The van der Waals surface area contributed by atoms with Crippen molar-refractivity contribution in [2.24, 2.45) is 17.8 Å². The molecule has 4 bridgehead atoms. The van der Waals surface area contributed by atoms with Gasteiger partial charge in [0.05, 0.1) is 10.2 Å². The summed E-state index contributed by atoms with van der Waals surface area (Å²) in [6.07, 6.45) is 8.81. The van der Waals surface area contributed by atoms with Crippen LogP contribution in [0, 0.1) is 17.8 Å². The van der Waals surface area contributed by atoms with Crippen molar-refractivity contribution in [1.29, 1.82) is 0 Å². The van der Waals surface area contributed by atoms with Crippen molar-refractivity contribution in [3.63, 3.8) is 0 Å². The van der Waals surface area contributed by atoms with Gasteiger partial charge in [0.15, 0.2) is 0 Å². The van der Waals surface area contributed by atoms with E-state index in [4.69, 9.17) is 4.98 Å². The number of hydrogen-bond acceptors (Lipinski definition) is 3. The van der Waals surface area contributed by atoms with Crippen molar-refractivity contribution in [3.05, 3.63) is 29.3 Å². The Morgan fingerprint density at radius 2 is 1.71 bits per heavy atom. The third kappa shape index (κ3) is 2.13. The van der Waals surface area contributed by atoms with Gasteiger partial charge < -0.3 is 5.32 Å². The van der Waals surface area contributed by atoms with E-state index in [0.717, 1.165) is 29.8 Å². The van der Waals surface area contributed by atoms with Crippen molar-refractivity contribution < 1.29 is 0 Å². The lowest BCUT2D eigenvalue weighted by molar-refractivity contribution is -0.0206. The van der Waals surface area contributed by atoms with Crippen LogP contribution in [0.1, 0.15) is 43.5 Å². The second-order valence-electron chi connectivity index (χ2n) is 7.63. The standard InChI is InChI=1S/C18H22N2S/c1-2-4-16-15(3-1)20-17(21-16)11-19-18-8-12-5-13(9-18)7-14(6-12)10-18/h1-4,12-14,19H,5-11H2. The third-order valence-electron chi connectivity index (χ3n) is 5.99. The van der Waals surface area contributed by atoms with Crippen LogP contribution >= 0.6 is 11.3 Å². The highest BCUT2D eigenvalue weighted by Crippen LogP contribution is 2.55. The molecular weight excluding hydrogens is 276 g/mol. The Hall–Kier alpha value is -0.930. The second-order valence-corrected chi connectivity index (χ2v) is 8.74. The monoisotopic (exact) mass is 298 g/mol. The van der Waals surface area contributed by atoms with Crippen molar-refractivity contribution in [1.82, 2.24) is 10.3 Å². The predicted octanol–water partition coefficient (Wildman–Crippen LogP) is 4.35. The number of nitrogens with one attached hydrogen (secondary N) is 1. The maximum Gasteiger partial charge on any atom is 0.108 e. The zero-order valence-corrected chi connectivity index (χ0v) is 13.2. The maximum absolute atomic E-state index is 4.79. The first-order valence-electron chi connectivity index (χ1n) is 8.37. The molecule has 0 aliphatic heterocycles. The summed E-state index contributed by atoms with van der Waals surface area (Å²) < 4.78 is 1.32. The van der Waals surface area contributed by atoms with Gasteiger partial charge in [0, 0.05) is 12.1 Å². The molecule has 110 valence electrons. The van der Waals surface area contributed by atoms with Crippen molar-refractivity contribution in [3.8, 4) is 0 Å². The molecule has 0 amide bonds. The molecule has 0 unspecified atom stereocenters. The van der Waals surface area contributed by atoms with Crippen LogP contribution in [0.2, 0.25) is 0 Å². The molecule has 0 saturated heterocycles. The molecule has 4 fully saturated rings. The Bertz CT molecular complexity index is 606. The highest BCUT2D eigenvalue weighted by molar-refractivity contribution is 7.18. The van der Waals surface area contributed by atoms with Crippen molar-refractivity contribution >= 4 is 21.6 Å². The van der Waals surface area contributed by atoms with Crippen LogP contribution in [0.25, 0.3) is 10.2 Å². The normalized spacial score (nSPS) is 37.4. The second kappa shape index (κ2) is 4.53. The Morgan fingerprint density at radius 1 is 1.05 bits per heavy atom. The number of benzene rings is 1. The summed E-state index contributed by atoms with van der Waals surface area (Å²) in [6, 6.07) is 8.50. The van der Waals surface area contributed by atoms with Gasteiger partial charge in [-0.3, -0.25) is 0 Å². The summed E-state index contributed by atoms with van der Waals surface area (Å²) in [7, 11) is 0. The Morgan fingerprint density at radius 3 is 2.38 bits per heavy atom. The van der Waals surface area contributed by atoms with Gasteiger partial charge in [-0.05, 0) is 68.4 Å². The molecule has 2 nitrogen and oxygen atoms in total. The lowest BCUT2D eigenvalue weighted by Crippen LogP contribution is -2.58. The summed E-state index contributed by atoms with van der Waals surface area (Å²) in [5.41, 5.74) is 1.61. The summed E-state index contributed by atoms with van der Waals surface area (Å²) in [6.45, 7) is 0.964. The van der Waals surface area contributed by atoms with Gasteiger partial charge in [-0.1, -0.05) is 12.1 Å². The molecule has 1 heterocycles. The van der Waals surface area contributed by atoms with E-state index >= 15 is 0 Å². The number of rotatable bonds is 3. The average molecular weight is 298 g/mol. The van der Waals surface area contributed by atoms with Gasteiger partial charge in [-0.15, -0.1) is 11.3 Å². The smallest absolute Gasteiger partial charge is 0.108 e. The molecule has 1 aromatic heterocycles. The SMILES string of the molecule is c1ccc2sc(CNC34CC5CC(CC(C5)C3)C4)nc2c1. The van der Waals surface area contributed by atoms with E-state index in [1.165, 1.54) is 48.2 Å². The lowest BCUT2D eigenvalue weighted by atomic mass is 9.53. The zero-order chi connectivity index (χ0) is 13.9. The van der Waals surface area contributed by atoms with Crippen molar-refractivity contribution in [2.75, 3.05) is 0 Å². The molecule has 3 heteroatoms. The minimum Gasteiger partial charge on any atom is -0.305 e. The summed E-state index contributed by atoms with van der Waals surface area (Å²) in [5, 5.41) is 5.21. The molecule has 0 spiro atoms. The number of thiazole rings is 1. The highest BCUT2D eigenvalue weighted by atomic mass is 32.1. The number of aromatic nitrogens is 1. The predicted molar refractivity (Wildman–Crippen MR) is 87.4 cm³/mol. The fourth-order valence-corrected chi connectivity index (χ4v) is 6.49. The molecule has 4 aliphatic rings. The Kier molecular flexibility index (Phi) is 2.72. The number of nitrogens with zero attached hydrogens (tertiary/aromatic N) is 1. The van der Waals surface area contributed by atoms with E-state index in [1.807, 2.05) is 11.3 Å². The highest BCUT2D eigenvalue weighted by Gasteiger charge is 2.50. The quantitative estimate of drug-likeness (QED) is 0.911. The van der Waals surface area contributed by atoms with Gasteiger partial charge in [0.1, 0.15) is 5.01 Å². The van der Waals surface area contributed by atoms with E-state index in [2.05, 4.69) is 29.6 Å². The third-order valence-corrected chi connectivity index (χ3v) is 7.03. The van der Waals surface area contributed by atoms with E-state index in [1.54, 1.807) is 0 Å². The molecule has 0 radical (unpaired) electrons. The number of hydrogen-bond donors (Lipinski definition) is 1. The summed E-state index contributed by atoms with van der Waals surface area (Å²) in [5.74, 6) is 3.04. The fraction of sp³-hybridized carbons (Fsp3) is 0.611. The number of fused-ring (bicyclic) bond motifs is 1. The molecule has 1 N–H and O–H groups in total. The largest absolute Gasteiger partial charge is 0.305 e. The van der Waals surface area contributed by atoms with Crippen LogP contribution in [-0.2, 0) is 6.54 Å². The van der Waals surface area contributed by atoms with Crippen LogP contribution in [0.15, 0.2) is 24.3 Å². The number of para-hydroxylation sites is 1. The van der Waals surface area contributed by atoms with Crippen LogP contribution in [0.5, 0.6) is 0 Å². The van der Waals surface area contributed by atoms with Gasteiger partial charge in [-0.2, -0.15) is 0 Å². The van der Waals surface area contributed by atoms with E-state index in [9.17, 15) is 0 Å². The van der Waals surface area contributed by atoms with E-state index < -0.39 is 0 Å². The molecule has 21 heavy (non-hydrogen) atoms. The Balaban J connectivity index is 1.35. The summed E-state index contributed by atoms with van der Waals surface area (Å²) in [4.78, 5) is 4.79. The zero-order valence-electron chi connectivity index (χ0n) is 12.3. The molecular formula is C18H22N2S. The van der Waals surface area contributed by atoms with Gasteiger partial charge in [0.25, 0.3) is 0 Å². The van der Waals surface area contributed by atoms with Crippen LogP contribution in [0.3, 0.4) is 0 Å². The first kappa shape index (κ1) is 12.6. The lowest BCUT2D eigenvalue weighted by Gasteiger charge is -2.57. The van der Waals surface area contributed by atoms with Crippen LogP contribution < -0.4 is 5.32 Å². The molecule has 6 rings (SSSR count). The van der Waals surface area contributed by atoms with Crippen LogP contribution in [0.4, 0.5) is 0 Å². The van der Waals surface area contributed by atoms with Crippen LogP contribution in [-0.4, -0.2) is 10.5 Å². The first-order chi connectivity index (χ1) is 10.3. The molecule has 4 aliphatic carbocycles. The minimum absolute atomic E-state index is 0.451. The van der Waals surface area contributed by atoms with Crippen molar-refractivity contribution in [2.45, 2.75) is 50.6 Å². The fourth-order valence-electron chi connectivity index (χ4n) is 5.59.